The normalized spacial score (nSPS) is 8.85. The Morgan fingerprint density at radius 1 is 1.38 bits per heavy atom. The average Bonchev–Trinajstić information content (AvgIpc) is 1.98. The molecule has 0 fully saturated rings. The van der Waals surface area contributed by atoms with Gasteiger partial charge in [0.1, 0.15) is 4.32 Å². The molecule has 1 rings (SSSR count). The predicted molar refractivity (Wildman–Crippen MR) is 69.7 cm³/mol. The van der Waals surface area contributed by atoms with E-state index in [1.165, 1.54) is 11.1 Å². The van der Waals surface area contributed by atoms with Gasteiger partial charge >= 0.3 is 23.1 Å². The predicted octanol–water partition coefficient (Wildman–Crippen LogP) is 2.01. The summed E-state index contributed by atoms with van der Waals surface area (Å²) in [5.41, 5.74) is 3.51. The first kappa shape index (κ1) is 13.2. The van der Waals surface area contributed by atoms with Crippen LogP contribution in [0.4, 0.5) is 5.69 Å². The minimum Gasteiger partial charge on any atom is -0.341 e. The number of hydrogen-bond donors (Lipinski definition) is 2. The van der Waals surface area contributed by atoms with E-state index in [2.05, 4.69) is 37.9 Å². The van der Waals surface area contributed by atoms with Gasteiger partial charge in [0.2, 0.25) is 0 Å². The smallest absolute Gasteiger partial charge is 0.316 e. The Kier molecular flexibility index (Phi) is 5.95. The van der Waals surface area contributed by atoms with Crippen LogP contribution in [-0.4, -0.2) is 27.4 Å². The Morgan fingerprint density at radius 3 is 2.54 bits per heavy atom. The monoisotopic (exact) mass is 223 g/mol. The first-order valence-electron chi connectivity index (χ1n) is 3.67. The van der Waals surface area contributed by atoms with Gasteiger partial charge in [-0.3, -0.25) is 0 Å². The van der Waals surface area contributed by atoms with Crippen molar-refractivity contribution in [2.75, 3.05) is 5.32 Å². The van der Waals surface area contributed by atoms with Gasteiger partial charge in [0.05, 0.1) is 0 Å². The summed E-state index contributed by atoms with van der Waals surface area (Å²) in [7, 11) is 0. The molecule has 0 saturated carbocycles. The van der Waals surface area contributed by atoms with Gasteiger partial charge in [0, 0.05) is 5.69 Å². The highest BCUT2D eigenvalue weighted by Gasteiger charge is 1.99. The molecular weight excluding hydrogens is 211 g/mol. The summed E-state index contributed by atoms with van der Waals surface area (Å²) in [4.78, 5) is 0. The van der Waals surface area contributed by atoms with Crippen molar-refractivity contribution in [1.29, 1.82) is 0 Å². The molecule has 0 atom stereocenters. The quantitative estimate of drug-likeness (QED) is 0.429. The standard InChI is InChI=1S/C9H11NS2.Mg.2H/c1-6-4-3-5-8(7(6)2)10-9(11)12;;;/h3-5H,1-2H3,(H2,10,11,12);;;. The Labute approximate surface area is 106 Å². The van der Waals surface area contributed by atoms with Crippen LogP contribution in [0.5, 0.6) is 0 Å². The molecule has 0 spiro atoms. The van der Waals surface area contributed by atoms with Crippen molar-refractivity contribution < 1.29 is 0 Å². The SMILES string of the molecule is Cc1cccc(NC(=S)S)c1C.[MgH2]. The zero-order valence-electron chi connectivity index (χ0n) is 7.09. The molecule has 1 aromatic rings. The van der Waals surface area contributed by atoms with Crippen LogP contribution < -0.4 is 5.32 Å². The number of thiocarbonyl (C=S) groups is 1. The highest BCUT2D eigenvalue weighted by molar-refractivity contribution is 8.11. The molecule has 0 radical (unpaired) electrons. The van der Waals surface area contributed by atoms with Gasteiger partial charge in [-0.2, -0.15) is 0 Å². The van der Waals surface area contributed by atoms with Crippen molar-refractivity contribution in [3.05, 3.63) is 29.3 Å². The molecule has 0 heterocycles. The third-order valence-electron chi connectivity index (χ3n) is 1.85. The van der Waals surface area contributed by atoms with Crippen molar-refractivity contribution in [3.63, 3.8) is 0 Å². The zero-order valence-corrected chi connectivity index (χ0v) is 8.80. The van der Waals surface area contributed by atoms with Crippen LogP contribution in [0.15, 0.2) is 18.2 Å². The van der Waals surface area contributed by atoms with Crippen LogP contribution in [-0.2, 0) is 0 Å². The summed E-state index contributed by atoms with van der Waals surface area (Å²) in [6, 6.07) is 6.06. The molecule has 68 valence electrons. The average molecular weight is 224 g/mol. The minimum absolute atomic E-state index is 0. The number of hydrogen-bond acceptors (Lipinski definition) is 1. The van der Waals surface area contributed by atoms with E-state index in [1.54, 1.807) is 0 Å². The van der Waals surface area contributed by atoms with E-state index in [-0.39, 0.29) is 23.1 Å². The fourth-order valence-corrected chi connectivity index (χ4v) is 1.23. The van der Waals surface area contributed by atoms with Gasteiger partial charge in [-0.1, -0.05) is 24.4 Å². The van der Waals surface area contributed by atoms with Crippen LogP contribution in [0.1, 0.15) is 11.1 Å². The van der Waals surface area contributed by atoms with Crippen LogP contribution in [0.25, 0.3) is 0 Å². The van der Waals surface area contributed by atoms with Crippen molar-refractivity contribution in [1.82, 2.24) is 0 Å². The number of anilines is 1. The number of aryl methyl sites for hydroxylation is 1. The molecule has 0 aliphatic carbocycles. The molecule has 1 N–H and O–H groups in total. The lowest BCUT2D eigenvalue weighted by molar-refractivity contribution is 1.34. The molecular formula is C9H13MgNS2. The third kappa shape index (κ3) is 3.85. The third-order valence-corrected chi connectivity index (χ3v) is 2.06. The second-order valence-electron chi connectivity index (χ2n) is 2.68. The van der Waals surface area contributed by atoms with Crippen LogP contribution in [0.2, 0.25) is 0 Å². The molecule has 1 nitrogen and oxygen atoms in total. The van der Waals surface area contributed by atoms with Gasteiger partial charge in [-0.15, -0.1) is 12.6 Å². The van der Waals surface area contributed by atoms with Crippen LogP contribution in [0, 0.1) is 13.8 Å². The highest BCUT2D eigenvalue weighted by Crippen LogP contribution is 2.18. The van der Waals surface area contributed by atoms with Gasteiger partial charge in [0.15, 0.2) is 0 Å². The maximum atomic E-state index is 4.83. The van der Waals surface area contributed by atoms with Crippen LogP contribution in [0.3, 0.4) is 0 Å². The van der Waals surface area contributed by atoms with Crippen molar-refractivity contribution in [2.24, 2.45) is 0 Å². The van der Waals surface area contributed by atoms with E-state index in [4.69, 9.17) is 12.2 Å². The zero-order chi connectivity index (χ0) is 9.14. The summed E-state index contributed by atoms with van der Waals surface area (Å²) in [5.74, 6) is 0. The fourth-order valence-electron chi connectivity index (χ4n) is 1.00. The molecule has 0 saturated heterocycles. The summed E-state index contributed by atoms with van der Waals surface area (Å²) in [6.07, 6.45) is 0. The van der Waals surface area contributed by atoms with Gasteiger partial charge in [0.25, 0.3) is 0 Å². The second kappa shape index (κ2) is 5.85. The topological polar surface area (TPSA) is 12.0 Å². The first-order chi connectivity index (χ1) is 5.61. The maximum Gasteiger partial charge on any atom is 0.316 e. The van der Waals surface area contributed by atoms with Gasteiger partial charge in [-0.05, 0) is 31.0 Å². The number of rotatable bonds is 1. The van der Waals surface area contributed by atoms with E-state index in [0.29, 0.717) is 4.32 Å². The van der Waals surface area contributed by atoms with E-state index < -0.39 is 0 Å². The highest BCUT2D eigenvalue weighted by atomic mass is 32.1. The van der Waals surface area contributed by atoms with E-state index in [1.807, 2.05) is 12.1 Å². The Morgan fingerprint density at radius 2 is 2.00 bits per heavy atom. The Bertz CT molecular complexity index is 312. The lowest BCUT2D eigenvalue weighted by Gasteiger charge is -2.08. The molecule has 0 unspecified atom stereocenters. The molecule has 13 heavy (non-hydrogen) atoms. The second-order valence-corrected chi connectivity index (χ2v) is 3.84. The molecule has 0 amide bonds. The lowest BCUT2D eigenvalue weighted by Crippen LogP contribution is -2.02. The summed E-state index contributed by atoms with van der Waals surface area (Å²) in [5, 5.41) is 3.01. The number of nitrogens with one attached hydrogen (secondary N) is 1. The van der Waals surface area contributed by atoms with Crippen molar-refractivity contribution in [2.45, 2.75) is 13.8 Å². The van der Waals surface area contributed by atoms with Crippen molar-refractivity contribution in [3.8, 4) is 0 Å². The van der Waals surface area contributed by atoms with Crippen molar-refractivity contribution >= 4 is 57.9 Å². The van der Waals surface area contributed by atoms with Crippen LogP contribution >= 0.6 is 24.8 Å². The molecule has 0 aliphatic heterocycles. The number of benzene rings is 1. The van der Waals surface area contributed by atoms with Gasteiger partial charge < -0.3 is 5.32 Å². The van der Waals surface area contributed by atoms with Gasteiger partial charge in [-0.25, -0.2) is 0 Å². The van der Waals surface area contributed by atoms with E-state index in [9.17, 15) is 0 Å². The summed E-state index contributed by atoms with van der Waals surface area (Å²) < 4.78 is 0.503. The molecule has 0 bridgehead atoms. The molecule has 0 aliphatic rings. The lowest BCUT2D eigenvalue weighted by atomic mass is 10.1. The summed E-state index contributed by atoms with van der Waals surface area (Å²) in [6.45, 7) is 4.13. The molecule has 4 heteroatoms. The maximum absolute atomic E-state index is 4.83. The minimum atomic E-state index is 0. The fraction of sp³-hybridized carbons (Fsp3) is 0.222. The number of thiol groups is 1. The Hall–Kier alpha value is 0.226. The molecule has 0 aromatic heterocycles. The van der Waals surface area contributed by atoms with E-state index >= 15 is 0 Å². The Balaban J connectivity index is 0.00000144. The molecule has 1 aromatic carbocycles. The largest absolute Gasteiger partial charge is 0.341 e. The first-order valence-corrected chi connectivity index (χ1v) is 4.53. The van der Waals surface area contributed by atoms with E-state index in [0.717, 1.165) is 5.69 Å². The summed E-state index contributed by atoms with van der Waals surface area (Å²) >= 11 is 8.84.